The summed E-state index contributed by atoms with van der Waals surface area (Å²) in [6, 6.07) is 13.0. The number of rotatable bonds is 5. The van der Waals surface area contributed by atoms with Gasteiger partial charge in [-0.1, -0.05) is 24.3 Å². The Morgan fingerprint density at radius 1 is 1.09 bits per heavy atom. The molecule has 0 bridgehead atoms. The van der Waals surface area contributed by atoms with Crippen molar-refractivity contribution < 1.29 is 32.6 Å². The molecule has 1 aromatic heterocycles. The van der Waals surface area contributed by atoms with Gasteiger partial charge in [-0.2, -0.15) is 0 Å². The summed E-state index contributed by atoms with van der Waals surface area (Å²) in [4.78, 5) is 27.4. The molecule has 1 saturated carbocycles. The third kappa shape index (κ3) is 4.73. The smallest absolute Gasteiger partial charge is 0.338 e. The number of hydrogen-bond donors (Lipinski definition) is 2. The second-order valence-electron chi connectivity index (χ2n) is 8.20. The third-order valence-electron chi connectivity index (χ3n) is 5.95. The zero-order chi connectivity index (χ0) is 24.5. The fourth-order valence-electron chi connectivity index (χ4n) is 4.13. The second kappa shape index (κ2) is 9.17. The van der Waals surface area contributed by atoms with E-state index in [1.807, 2.05) is 0 Å². The topological polar surface area (TPSA) is 103 Å². The maximum Gasteiger partial charge on any atom is 0.338 e. The molecule has 1 heterocycles. The average molecular weight is 470 g/mol. The molecule has 0 amide bonds. The van der Waals surface area contributed by atoms with Crippen molar-refractivity contribution in [2.45, 2.75) is 37.2 Å². The van der Waals surface area contributed by atoms with Crippen molar-refractivity contribution in [3.8, 4) is 11.1 Å². The largest absolute Gasteiger partial charge is 0.478 e. The molecule has 3 N–H and O–H groups in total. The number of carboxylic acids is 1. The van der Waals surface area contributed by atoms with Crippen LogP contribution in [-0.4, -0.2) is 34.1 Å². The normalized spacial score (nSPS) is 19.4. The summed E-state index contributed by atoms with van der Waals surface area (Å²) in [6.07, 6.45) is -0.428. The lowest BCUT2D eigenvalue weighted by molar-refractivity contribution is -0.140. The molecule has 0 radical (unpaired) electrons. The van der Waals surface area contributed by atoms with Crippen LogP contribution in [-0.2, 0) is 4.74 Å². The maximum atomic E-state index is 14.9. The van der Waals surface area contributed by atoms with Gasteiger partial charge in [0.1, 0.15) is 11.6 Å². The van der Waals surface area contributed by atoms with Gasteiger partial charge in [-0.25, -0.2) is 27.7 Å². The molecule has 0 spiro atoms. The summed E-state index contributed by atoms with van der Waals surface area (Å²) in [5, 5.41) is 9.01. The minimum absolute atomic E-state index is 0.0438. The standard InChI is InChI=1S/C25H21F3N2O4/c26-20-11-15(6-8-18(20)23(31)32)19-10-17(13-30-22(19)29)16-7-9-21(25(27,28)12-16)34-24(33)14-4-2-1-3-5-14/h1-6,8,10-11,13,16,21H,7,9,12H2,(H2,29,30)(H,31,32). The van der Waals surface area contributed by atoms with Gasteiger partial charge in [0, 0.05) is 18.2 Å². The number of aromatic carboxylic acids is 1. The number of nitrogens with zero attached hydrogens (tertiary/aromatic N) is 1. The number of carbonyl (C=O) groups excluding carboxylic acids is 1. The van der Waals surface area contributed by atoms with E-state index in [4.69, 9.17) is 15.6 Å². The first-order valence-electron chi connectivity index (χ1n) is 10.6. The number of hydrogen-bond acceptors (Lipinski definition) is 5. The zero-order valence-corrected chi connectivity index (χ0v) is 17.9. The fourth-order valence-corrected chi connectivity index (χ4v) is 4.13. The highest BCUT2D eigenvalue weighted by atomic mass is 19.3. The van der Waals surface area contributed by atoms with Crippen LogP contribution in [0.4, 0.5) is 19.0 Å². The Labute approximate surface area is 193 Å². The molecular formula is C25H21F3N2O4. The lowest BCUT2D eigenvalue weighted by atomic mass is 9.80. The molecule has 2 unspecified atom stereocenters. The number of nitrogens with two attached hydrogens (primary N) is 1. The van der Waals surface area contributed by atoms with Crippen LogP contribution in [0.15, 0.2) is 60.8 Å². The van der Waals surface area contributed by atoms with Gasteiger partial charge >= 0.3 is 11.9 Å². The molecule has 0 saturated heterocycles. The van der Waals surface area contributed by atoms with E-state index in [0.29, 0.717) is 17.5 Å². The van der Waals surface area contributed by atoms with Crippen LogP contribution in [0, 0.1) is 5.82 Å². The highest BCUT2D eigenvalue weighted by Crippen LogP contribution is 2.44. The van der Waals surface area contributed by atoms with Gasteiger partial charge in [0.25, 0.3) is 5.92 Å². The summed E-state index contributed by atoms with van der Waals surface area (Å²) in [7, 11) is 0. The Kier molecular flexibility index (Phi) is 6.28. The van der Waals surface area contributed by atoms with E-state index >= 15 is 0 Å². The number of ether oxygens (including phenoxy) is 1. The molecule has 176 valence electrons. The molecule has 2 aromatic carbocycles. The van der Waals surface area contributed by atoms with Crippen LogP contribution in [0.1, 0.15) is 51.5 Å². The quantitative estimate of drug-likeness (QED) is 0.491. The number of aromatic nitrogens is 1. The van der Waals surface area contributed by atoms with Crippen LogP contribution in [0.25, 0.3) is 11.1 Å². The monoisotopic (exact) mass is 470 g/mol. The predicted molar refractivity (Wildman–Crippen MR) is 118 cm³/mol. The van der Waals surface area contributed by atoms with Gasteiger partial charge in [0.05, 0.1) is 11.1 Å². The third-order valence-corrected chi connectivity index (χ3v) is 5.95. The summed E-state index contributed by atoms with van der Waals surface area (Å²) in [5.41, 5.74) is 6.72. The predicted octanol–water partition coefficient (Wildman–Crippen LogP) is 5.30. The van der Waals surface area contributed by atoms with Gasteiger partial charge in [0.2, 0.25) is 0 Å². The Bertz CT molecular complexity index is 1230. The molecule has 0 aliphatic heterocycles. The van der Waals surface area contributed by atoms with Crippen LogP contribution < -0.4 is 5.73 Å². The van der Waals surface area contributed by atoms with Crippen molar-refractivity contribution in [3.05, 3.63) is 83.3 Å². The number of carbonyl (C=O) groups is 2. The number of benzene rings is 2. The molecule has 1 aliphatic rings. The molecule has 9 heteroatoms. The van der Waals surface area contributed by atoms with Gasteiger partial charge in [-0.3, -0.25) is 0 Å². The van der Waals surface area contributed by atoms with Crippen molar-refractivity contribution in [1.29, 1.82) is 0 Å². The summed E-state index contributed by atoms with van der Waals surface area (Å²) in [5.74, 6) is -6.94. The molecule has 3 aromatic rings. The first-order valence-corrected chi connectivity index (χ1v) is 10.6. The van der Waals surface area contributed by atoms with Crippen LogP contribution in [0.3, 0.4) is 0 Å². The Hall–Kier alpha value is -3.88. The van der Waals surface area contributed by atoms with Crippen molar-refractivity contribution in [2.24, 2.45) is 0 Å². The number of carboxylic acid groups (broad SMARTS) is 1. The summed E-state index contributed by atoms with van der Waals surface area (Å²) in [6.45, 7) is 0. The number of alkyl halides is 2. The van der Waals surface area contributed by atoms with E-state index in [9.17, 15) is 22.8 Å². The summed E-state index contributed by atoms with van der Waals surface area (Å²) < 4.78 is 49.1. The number of anilines is 1. The van der Waals surface area contributed by atoms with Crippen LogP contribution in [0.2, 0.25) is 0 Å². The number of pyridine rings is 1. The van der Waals surface area contributed by atoms with Crippen LogP contribution >= 0.6 is 0 Å². The second-order valence-corrected chi connectivity index (χ2v) is 8.20. The average Bonchev–Trinajstić information content (AvgIpc) is 2.80. The lowest BCUT2D eigenvalue weighted by Crippen LogP contribution is -2.42. The molecule has 34 heavy (non-hydrogen) atoms. The van der Waals surface area contributed by atoms with Gasteiger partial charge in [-0.15, -0.1) is 0 Å². The van der Waals surface area contributed by atoms with E-state index in [0.717, 1.165) is 12.1 Å². The molecule has 2 atom stereocenters. The molecule has 6 nitrogen and oxygen atoms in total. The fraction of sp³-hybridized carbons (Fsp3) is 0.240. The molecular weight excluding hydrogens is 449 g/mol. The Balaban J connectivity index is 1.53. The van der Waals surface area contributed by atoms with E-state index in [1.165, 1.54) is 24.4 Å². The summed E-state index contributed by atoms with van der Waals surface area (Å²) >= 11 is 0. The van der Waals surface area contributed by atoms with Crippen molar-refractivity contribution >= 4 is 17.8 Å². The minimum atomic E-state index is -3.26. The van der Waals surface area contributed by atoms with E-state index in [1.54, 1.807) is 24.3 Å². The SMILES string of the molecule is Nc1ncc(C2CCC(OC(=O)c3ccccc3)C(F)(F)C2)cc1-c1ccc(C(=O)O)c(F)c1. The van der Waals surface area contributed by atoms with Crippen molar-refractivity contribution in [3.63, 3.8) is 0 Å². The maximum absolute atomic E-state index is 14.9. The van der Waals surface area contributed by atoms with Gasteiger partial charge in [0.15, 0.2) is 6.10 Å². The molecule has 1 fully saturated rings. The first-order chi connectivity index (χ1) is 16.2. The van der Waals surface area contributed by atoms with Crippen LogP contribution in [0.5, 0.6) is 0 Å². The molecule has 4 rings (SSSR count). The number of esters is 1. The first kappa shape index (κ1) is 23.3. The number of halogens is 3. The zero-order valence-electron chi connectivity index (χ0n) is 17.9. The van der Waals surface area contributed by atoms with E-state index in [-0.39, 0.29) is 23.4 Å². The Morgan fingerprint density at radius 3 is 2.47 bits per heavy atom. The van der Waals surface area contributed by atoms with Crippen molar-refractivity contribution in [1.82, 2.24) is 4.98 Å². The number of nitrogen functional groups attached to an aromatic ring is 1. The van der Waals surface area contributed by atoms with Gasteiger partial charge < -0.3 is 15.6 Å². The van der Waals surface area contributed by atoms with E-state index in [2.05, 4.69) is 4.98 Å². The Morgan fingerprint density at radius 2 is 1.82 bits per heavy atom. The lowest BCUT2D eigenvalue weighted by Gasteiger charge is -2.35. The van der Waals surface area contributed by atoms with Gasteiger partial charge in [-0.05, 0) is 60.2 Å². The van der Waals surface area contributed by atoms with E-state index < -0.39 is 47.7 Å². The molecule has 1 aliphatic carbocycles. The van der Waals surface area contributed by atoms with Crippen molar-refractivity contribution in [2.75, 3.05) is 5.73 Å². The highest BCUT2D eigenvalue weighted by molar-refractivity contribution is 5.90. The highest BCUT2D eigenvalue weighted by Gasteiger charge is 2.48. The minimum Gasteiger partial charge on any atom is -0.478 e.